The van der Waals surface area contributed by atoms with Crippen LogP contribution in [0.25, 0.3) is 0 Å². The summed E-state index contributed by atoms with van der Waals surface area (Å²) in [4.78, 5) is 16.6. The van der Waals surface area contributed by atoms with Crippen molar-refractivity contribution < 1.29 is 13.2 Å². The van der Waals surface area contributed by atoms with Gasteiger partial charge in [0.15, 0.2) is 0 Å². The van der Waals surface area contributed by atoms with E-state index in [1.807, 2.05) is 18.7 Å². The predicted octanol–water partition coefficient (Wildman–Crippen LogP) is -0.0370. The molecule has 0 aromatic heterocycles. The van der Waals surface area contributed by atoms with Gasteiger partial charge < -0.3 is 4.90 Å². The average molecular weight is 303 g/mol. The number of carbonyl (C=O) groups is 1. The second-order valence-electron chi connectivity index (χ2n) is 5.98. The zero-order valence-corrected chi connectivity index (χ0v) is 13.4. The lowest BCUT2D eigenvalue weighted by Crippen LogP contribution is -2.59. The van der Waals surface area contributed by atoms with Gasteiger partial charge in [0.05, 0.1) is 12.3 Å². The first-order chi connectivity index (χ1) is 9.30. The van der Waals surface area contributed by atoms with Crippen molar-refractivity contribution >= 4 is 15.9 Å². The summed E-state index contributed by atoms with van der Waals surface area (Å²) >= 11 is 0. The average Bonchev–Trinajstić information content (AvgIpc) is 2.38. The van der Waals surface area contributed by atoms with Crippen molar-refractivity contribution in [2.45, 2.75) is 38.8 Å². The van der Waals surface area contributed by atoms with Crippen LogP contribution in [0.15, 0.2) is 0 Å². The largest absolute Gasteiger partial charge is 0.339 e. The van der Waals surface area contributed by atoms with Crippen LogP contribution in [-0.2, 0) is 14.8 Å². The number of amides is 1. The lowest BCUT2D eigenvalue weighted by Gasteiger charge is -2.43. The number of rotatable bonds is 3. The van der Waals surface area contributed by atoms with Crippen LogP contribution in [0, 0.1) is 0 Å². The summed E-state index contributed by atoms with van der Waals surface area (Å²) in [6, 6.07) is 0.176. The number of hydrogen-bond donors (Lipinski definition) is 0. The van der Waals surface area contributed by atoms with Gasteiger partial charge in [-0.2, -0.15) is 4.31 Å². The van der Waals surface area contributed by atoms with Crippen LogP contribution in [0.2, 0.25) is 0 Å². The number of hydrogen-bond acceptors (Lipinski definition) is 4. The van der Waals surface area contributed by atoms with Crippen molar-refractivity contribution in [1.82, 2.24) is 14.1 Å². The molecular formula is C13H25N3O3S. The van der Waals surface area contributed by atoms with Crippen LogP contribution in [0.3, 0.4) is 0 Å². The molecule has 0 spiro atoms. The monoisotopic (exact) mass is 303 g/mol. The molecule has 116 valence electrons. The lowest BCUT2D eigenvalue weighted by molar-refractivity contribution is -0.142. The normalized spacial score (nSPS) is 27.3. The van der Waals surface area contributed by atoms with E-state index >= 15 is 0 Å². The van der Waals surface area contributed by atoms with Crippen LogP contribution < -0.4 is 0 Å². The first kappa shape index (κ1) is 15.7. The Balaban J connectivity index is 1.98. The molecule has 2 aliphatic heterocycles. The number of piperidine rings is 1. The molecule has 0 aromatic rings. The summed E-state index contributed by atoms with van der Waals surface area (Å²) in [6.45, 7) is 7.21. The third-order valence-electron chi connectivity index (χ3n) is 4.25. The van der Waals surface area contributed by atoms with E-state index < -0.39 is 10.0 Å². The van der Waals surface area contributed by atoms with E-state index in [0.29, 0.717) is 26.2 Å². The van der Waals surface area contributed by atoms with Crippen molar-refractivity contribution in [3.05, 3.63) is 0 Å². The molecule has 0 aromatic carbocycles. The fourth-order valence-electron chi connectivity index (χ4n) is 3.08. The summed E-state index contributed by atoms with van der Waals surface area (Å²) in [5, 5.41) is 0. The molecule has 0 aliphatic carbocycles. The highest BCUT2D eigenvalue weighted by Gasteiger charge is 2.36. The Morgan fingerprint density at radius 1 is 1.10 bits per heavy atom. The second-order valence-corrected chi connectivity index (χ2v) is 7.96. The Morgan fingerprint density at radius 2 is 1.70 bits per heavy atom. The van der Waals surface area contributed by atoms with E-state index in [0.717, 1.165) is 19.4 Å². The van der Waals surface area contributed by atoms with Gasteiger partial charge in [0.25, 0.3) is 0 Å². The van der Waals surface area contributed by atoms with Crippen LogP contribution in [0.4, 0.5) is 0 Å². The van der Waals surface area contributed by atoms with Crippen LogP contribution in [0.1, 0.15) is 26.7 Å². The molecule has 0 radical (unpaired) electrons. The van der Waals surface area contributed by atoms with Gasteiger partial charge in [0, 0.05) is 38.8 Å². The SMILES string of the molecule is CC(C)N1CCCC(N2CCN(S(C)(=O)=O)CC2)C1=O. The molecule has 1 amide bonds. The Bertz CT molecular complexity index is 455. The van der Waals surface area contributed by atoms with Gasteiger partial charge in [0.1, 0.15) is 0 Å². The van der Waals surface area contributed by atoms with Crippen molar-refractivity contribution in [1.29, 1.82) is 0 Å². The molecule has 0 saturated carbocycles. The summed E-state index contributed by atoms with van der Waals surface area (Å²) < 4.78 is 24.5. The summed E-state index contributed by atoms with van der Waals surface area (Å²) in [7, 11) is -3.11. The molecule has 7 heteroatoms. The summed E-state index contributed by atoms with van der Waals surface area (Å²) in [5.41, 5.74) is 0. The molecule has 1 unspecified atom stereocenters. The third kappa shape index (κ3) is 3.32. The van der Waals surface area contributed by atoms with Gasteiger partial charge in [-0.1, -0.05) is 0 Å². The number of piperazine rings is 1. The fourth-order valence-corrected chi connectivity index (χ4v) is 3.90. The first-order valence-electron chi connectivity index (χ1n) is 7.30. The highest BCUT2D eigenvalue weighted by atomic mass is 32.2. The Hall–Kier alpha value is -0.660. The van der Waals surface area contributed by atoms with E-state index in [1.54, 1.807) is 0 Å². The maximum Gasteiger partial charge on any atom is 0.240 e. The molecular weight excluding hydrogens is 278 g/mol. The van der Waals surface area contributed by atoms with Crippen molar-refractivity contribution in [3.8, 4) is 0 Å². The zero-order valence-electron chi connectivity index (χ0n) is 12.6. The summed E-state index contributed by atoms with van der Waals surface area (Å²) in [6.07, 6.45) is 3.16. The van der Waals surface area contributed by atoms with Gasteiger partial charge in [-0.3, -0.25) is 9.69 Å². The van der Waals surface area contributed by atoms with Gasteiger partial charge in [0.2, 0.25) is 15.9 Å². The standard InChI is InChI=1S/C13H25N3O3S/c1-11(2)16-6-4-5-12(13(16)17)14-7-9-15(10-8-14)20(3,18)19/h11-12H,4-10H2,1-3H3. The maximum absolute atomic E-state index is 12.5. The minimum atomic E-state index is -3.11. The van der Waals surface area contributed by atoms with Crippen molar-refractivity contribution in [3.63, 3.8) is 0 Å². The minimum Gasteiger partial charge on any atom is -0.339 e. The van der Waals surface area contributed by atoms with Crippen molar-refractivity contribution in [2.75, 3.05) is 39.0 Å². The van der Waals surface area contributed by atoms with E-state index in [2.05, 4.69) is 4.90 Å². The molecule has 2 saturated heterocycles. The Morgan fingerprint density at radius 3 is 2.20 bits per heavy atom. The molecule has 2 rings (SSSR count). The Labute approximate surface area is 121 Å². The van der Waals surface area contributed by atoms with Crippen LogP contribution in [-0.4, -0.2) is 79.5 Å². The smallest absolute Gasteiger partial charge is 0.240 e. The molecule has 0 N–H and O–H groups in total. The zero-order chi connectivity index (χ0) is 14.9. The molecule has 6 nitrogen and oxygen atoms in total. The van der Waals surface area contributed by atoms with Gasteiger partial charge in [-0.05, 0) is 26.7 Å². The molecule has 2 heterocycles. The lowest BCUT2D eigenvalue weighted by atomic mass is 10.0. The highest BCUT2D eigenvalue weighted by Crippen LogP contribution is 2.21. The van der Waals surface area contributed by atoms with Gasteiger partial charge in [-0.15, -0.1) is 0 Å². The molecule has 2 fully saturated rings. The maximum atomic E-state index is 12.5. The molecule has 2 aliphatic rings. The Kier molecular flexibility index (Phi) is 4.71. The van der Waals surface area contributed by atoms with E-state index in [9.17, 15) is 13.2 Å². The first-order valence-corrected chi connectivity index (χ1v) is 9.15. The number of carbonyl (C=O) groups excluding carboxylic acids is 1. The van der Waals surface area contributed by atoms with Crippen molar-refractivity contribution in [2.24, 2.45) is 0 Å². The predicted molar refractivity (Wildman–Crippen MR) is 77.9 cm³/mol. The molecule has 0 bridgehead atoms. The number of sulfonamides is 1. The van der Waals surface area contributed by atoms with Gasteiger partial charge >= 0.3 is 0 Å². The van der Waals surface area contributed by atoms with E-state index in [1.165, 1.54) is 10.6 Å². The number of likely N-dealkylation sites (tertiary alicyclic amines) is 1. The fraction of sp³-hybridized carbons (Fsp3) is 0.923. The minimum absolute atomic E-state index is 0.0622. The third-order valence-corrected chi connectivity index (χ3v) is 5.55. The van der Waals surface area contributed by atoms with Crippen LogP contribution >= 0.6 is 0 Å². The van der Waals surface area contributed by atoms with Crippen LogP contribution in [0.5, 0.6) is 0 Å². The highest BCUT2D eigenvalue weighted by molar-refractivity contribution is 7.88. The topological polar surface area (TPSA) is 60.9 Å². The summed E-state index contributed by atoms with van der Waals surface area (Å²) in [5.74, 6) is 0.207. The van der Waals surface area contributed by atoms with Gasteiger partial charge in [-0.25, -0.2) is 8.42 Å². The molecule has 20 heavy (non-hydrogen) atoms. The molecule has 1 atom stereocenters. The van der Waals surface area contributed by atoms with E-state index in [4.69, 9.17) is 0 Å². The quantitative estimate of drug-likeness (QED) is 0.734. The van der Waals surface area contributed by atoms with E-state index in [-0.39, 0.29) is 18.0 Å². The number of nitrogens with zero attached hydrogens (tertiary/aromatic N) is 3. The second kappa shape index (κ2) is 5.99.